The zero-order chi connectivity index (χ0) is 15.0. The van der Waals surface area contributed by atoms with Gasteiger partial charge in [-0.25, -0.2) is 19.3 Å². The first-order valence-electron chi connectivity index (χ1n) is 6.57. The largest absolute Gasteiger partial charge is 0.480 e. The zero-order valence-corrected chi connectivity index (χ0v) is 11.8. The van der Waals surface area contributed by atoms with E-state index in [1.807, 2.05) is 0 Å². The van der Waals surface area contributed by atoms with Crippen molar-refractivity contribution in [3.63, 3.8) is 0 Å². The van der Waals surface area contributed by atoms with Crippen LogP contribution in [0.5, 0.6) is 0 Å². The Morgan fingerprint density at radius 3 is 3.05 bits per heavy atom. The van der Waals surface area contributed by atoms with E-state index in [0.29, 0.717) is 30.2 Å². The van der Waals surface area contributed by atoms with Crippen LogP contribution in [-0.2, 0) is 17.8 Å². The summed E-state index contributed by atoms with van der Waals surface area (Å²) in [4.78, 5) is 27.5. The summed E-state index contributed by atoms with van der Waals surface area (Å²) >= 11 is 5.81. The molecule has 0 saturated heterocycles. The van der Waals surface area contributed by atoms with Crippen LogP contribution in [0.4, 0.5) is 0 Å². The van der Waals surface area contributed by atoms with Gasteiger partial charge in [-0.15, -0.1) is 0 Å². The van der Waals surface area contributed by atoms with Gasteiger partial charge in [0.1, 0.15) is 17.0 Å². The van der Waals surface area contributed by atoms with Gasteiger partial charge in [-0.2, -0.15) is 5.10 Å². The summed E-state index contributed by atoms with van der Waals surface area (Å²) in [5, 5.41) is 13.8. The van der Waals surface area contributed by atoms with E-state index in [1.165, 1.54) is 9.25 Å². The standard InChI is InChI=1S/C13H13ClN4O3/c14-10-6-8(4-5-15-10)7-17-13(21)18-9(12(19)20)2-1-3-11(18)16-17/h4-6,9H,1-3,7H2,(H,19,20). The molecule has 1 N–H and O–H groups in total. The first-order chi connectivity index (χ1) is 10.1. The predicted molar refractivity (Wildman–Crippen MR) is 74.4 cm³/mol. The number of carbonyl (C=O) groups is 1. The van der Waals surface area contributed by atoms with Gasteiger partial charge in [0.05, 0.1) is 6.54 Å². The molecular weight excluding hydrogens is 296 g/mol. The summed E-state index contributed by atoms with van der Waals surface area (Å²) < 4.78 is 2.57. The third-order valence-corrected chi connectivity index (χ3v) is 3.75. The molecule has 1 unspecified atom stereocenters. The SMILES string of the molecule is O=C(O)C1CCCc2nn(Cc3ccnc(Cl)c3)c(=O)n21. The van der Waals surface area contributed by atoms with Gasteiger partial charge in [0.2, 0.25) is 0 Å². The van der Waals surface area contributed by atoms with Crippen molar-refractivity contribution in [2.45, 2.75) is 31.8 Å². The second-order valence-corrected chi connectivity index (χ2v) is 5.35. The van der Waals surface area contributed by atoms with E-state index in [9.17, 15) is 14.7 Å². The topological polar surface area (TPSA) is 90.0 Å². The smallest absolute Gasteiger partial charge is 0.347 e. The van der Waals surface area contributed by atoms with Crippen LogP contribution < -0.4 is 5.69 Å². The minimum Gasteiger partial charge on any atom is -0.480 e. The maximum Gasteiger partial charge on any atom is 0.347 e. The lowest BCUT2D eigenvalue weighted by molar-refractivity contribution is -0.141. The molecular formula is C13H13ClN4O3. The fourth-order valence-electron chi connectivity index (χ4n) is 2.58. The summed E-state index contributed by atoms with van der Waals surface area (Å²) in [7, 11) is 0. The molecule has 8 heteroatoms. The third-order valence-electron chi connectivity index (χ3n) is 3.54. The van der Waals surface area contributed by atoms with Crippen LogP contribution in [0.1, 0.15) is 30.3 Å². The molecule has 7 nitrogen and oxygen atoms in total. The monoisotopic (exact) mass is 308 g/mol. The molecule has 0 saturated carbocycles. The molecule has 3 heterocycles. The molecule has 0 bridgehead atoms. The highest BCUT2D eigenvalue weighted by Gasteiger charge is 2.30. The van der Waals surface area contributed by atoms with E-state index >= 15 is 0 Å². The van der Waals surface area contributed by atoms with Crippen molar-refractivity contribution >= 4 is 17.6 Å². The van der Waals surface area contributed by atoms with Crippen LogP contribution in [0.15, 0.2) is 23.1 Å². The number of hydrogen-bond donors (Lipinski definition) is 1. The number of carboxylic acids is 1. The van der Waals surface area contributed by atoms with Crippen molar-refractivity contribution in [1.82, 2.24) is 19.3 Å². The minimum absolute atomic E-state index is 0.243. The molecule has 0 aromatic carbocycles. The number of aromatic nitrogens is 4. The minimum atomic E-state index is -0.996. The molecule has 21 heavy (non-hydrogen) atoms. The van der Waals surface area contributed by atoms with E-state index in [4.69, 9.17) is 11.6 Å². The normalized spacial score (nSPS) is 17.5. The maximum atomic E-state index is 12.4. The molecule has 0 aliphatic carbocycles. The number of fused-ring (bicyclic) bond motifs is 1. The van der Waals surface area contributed by atoms with Crippen LogP contribution in [0.3, 0.4) is 0 Å². The number of aliphatic carboxylic acids is 1. The van der Waals surface area contributed by atoms with Gasteiger partial charge in [-0.1, -0.05) is 11.6 Å². The number of carboxylic acid groups (broad SMARTS) is 1. The Labute approximate surface area is 124 Å². The second kappa shape index (κ2) is 5.33. The third kappa shape index (κ3) is 2.56. The van der Waals surface area contributed by atoms with Gasteiger partial charge in [-0.3, -0.25) is 4.57 Å². The summed E-state index contributed by atoms with van der Waals surface area (Å²) in [5.74, 6) is -0.469. The summed E-state index contributed by atoms with van der Waals surface area (Å²) in [5.41, 5.74) is 0.393. The lowest BCUT2D eigenvalue weighted by Crippen LogP contribution is -2.34. The molecule has 110 valence electrons. The molecule has 0 spiro atoms. The van der Waals surface area contributed by atoms with Crippen LogP contribution in [0, 0.1) is 0 Å². The number of halogens is 1. The van der Waals surface area contributed by atoms with Crippen molar-refractivity contribution in [2.75, 3.05) is 0 Å². The second-order valence-electron chi connectivity index (χ2n) is 4.96. The van der Waals surface area contributed by atoms with Crippen molar-refractivity contribution in [3.05, 3.63) is 45.4 Å². The molecule has 1 aliphatic heterocycles. The Hall–Kier alpha value is -2.15. The molecule has 2 aromatic heterocycles. The molecule has 0 amide bonds. The molecule has 1 aliphatic rings. The Bertz CT molecular complexity index is 752. The predicted octanol–water partition coefficient (Wildman–Crippen LogP) is 1.10. The quantitative estimate of drug-likeness (QED) is 0.858. The van der Waals surface area contributed by atoms with Crippen molar-refractivity contribution in [2.24, 2.45) is 0 Å². The van der Waals surface area contributed by atoms with Gasteiger partial charge < -0.3 is 5.11 Å². The molecule has 2 aromatic rings. The van der Waals surface area contributed by atoms with Crippen LogP contribution >= 0.6 is 11.6 Å². The van der Waals surface area contributed by atoms with E-state index in [2.05, 4.69) is 10.1 Å². The first-order valence-corrected chi connectivity index (χ1v) is 6.95. The highest BCUT2D eigenvalue weighted by Crippen LogP contribution is 2.21. The van der Waals surface area contributed by atoms with Gasteiger partial charge in [0, 0.05) is 12.6 Å². The van der Waals surface area contributed by atoms with Crippen LogP contribution in [-0.4, -0.2) is 30.4 Å². The van der Waals surface area contributed by atoms with Crippen molar-refractivity contribution < 1.29 is 9.90 Å². The fraction of sp³-hybridized carbons (Fsp3) is 0.385. The zero-order valence-electron chi connectivity index (χ0n) is 11.1. The average Bonchev–Trinajstić information content (AvgIpc) is 2.75. The summed E-state index contributed by atoms with van der Waals surface area (Å²) in [6.07, 6.45) is 3.34. The first kappa shape index (κ1) is 13.8. The molecule has 0 fully saturated rings. The van der Waals surface area contributed by atoms with Gasteiger partial charge >= 0.3 is 11.7 Å². The average molecular weight is 309 g/mol. The Morgan fingerprint density at radius 1 is 1.52 bits per heavy atom. The van der Waals surface area contributed by atoms with Crippen molar-refractivity contribution in [3.8, 4) is 0 Å². The number of hydrogen-bond acceptors (Lipinski definition) is 4. The van der Waals surface area contributed by atoms with E-state index in [0.717, 1.165) is 5.56 Å². The van der Waals surface area contributed by atoms with Crippen LogP contribution in [0.2, 0.25) is 5.15 Å². The Balaban J connectivity index is 1.99. The summed E-state index contributed by atoms with van der Waals surface area (Å²) in [6, 6.07) is 2.57. The lowest BCUT2D eigenvalue weighted by Gasteiger charge is -2.19. The van der Waals surface area contributed by atoms with Gasteiger partial charge in [0.25, 0.3) is 0 Å². The van der Waals surface area contributed by atoms with E-state index < -0.39 is 17.7 Å². The van der Waals surface area contributed by atoms with Crippen LogP contribution in [0.25, 0.3) is 0 Å². The Morgan fingerprint density at radius 2 is 2.33 bits per heavy atom. The van der Waals surface area contributed by atoms with E-state index in [1.54, 1.807) is 18.3 Å². The number of pyridine rings is 1. The highest BCUT2D eigenvalue weighted by molar-refractivity contribution is 6.29. The van der Waals surface area contributed by atoms with E-state index in [-0.39, 0.29) is 6.54 Å². The Kier molecular flexibility index (Phi) is 3.50. The number of aryl methyl sites for hydroxylation is 1. The molecule has 0 radical (unpaired) electrons. The van der Waals surface area contributed by atoms with Gasteiger partial charge in [-0.05, 0) is 30.5 Å². The number of nitrogens with zero attached hydrogens (tertiary/aromatic N) is 4. The highest BCUT2D eigenvalue weighted by atomic mass is 35.5. The number of rotatable bonds is 3. The fourth-order valence-corrected chi connectivity index (χ4v) is 2.78. The maximum absolute atomic E-state index is 12.4. The molecule has 3 rings (SSSR count). The lowest BCUT2D eigenvalue weighted by atomic mass is 10.1. The van der Waals surface area contributed by atoms with Crippen molar-refractivity contribution in [1.29, 1.82) is 0 Å². The van der Waals surface area contributed by atoms with Gasteiger partial charge in [0.15, 0.2) is 0 Å². The summed E-state index contributed by atoms with van der Waals surface area (Å²) in [6.45, 7) is 0.243. The molecule has 1 atom stereocenters.